The Balaban J connectivity index is 1.48. The number of para-hydroxylation sites is 1. The van der Waals surface area contributed by atoms with E-state index in [0.29, 0.717) is 13.1 Å². The fourth-order valence-electron chi connectivity index (χ4n) is 6.27. The molecular formula is C32H26BrN3O. The number of fused-ring (bicyclic) bond motifs is 6. The summed E-state index contributed by atoms with van der Waals surface area (Å²) in [6.45, 7) is 2.01. The molecule has 0 bridgehead atoms. The van der Waals surface area contributed by atoms with Gasteiger partial charge in [-0.25, -0.2) is 0 Å². The van der Waals surface area contributed by atoms with E-state index in [0.717, 1.165) is 45.5 Å². The number of halogens is 1. The second-order valence-corrected chi connectivity index (χ2v) is 10.8. The highest BCUT2D eigenvalue weighted by Gasteiger charge is 2.59. The third-order valence-corrected chi connectivity index (χ3v) is 8.37. The first kappa shape index (κ1) is 22.5. The van der Waals surface area contributed by atoms with Crippen molar-refractivity contribution in [2.45, 2.75) is 25.0 Å². The molecule has 5 aromatic rings. The van der Waals surface area contributed by atoms with Crippen LogP contribution in [0.5, 0.6) is 0 Å². The first-order chi connectivity index (χ1) is 18.2. The minimum Gasteiger partial charge on any atom is -0.356 e. The first-order valence-electron chi connectivity index (χ1n) is 12.7. The molecule has 3 heterocycles. The minimum atomic E-state index is -0.934. The summed E-state index contributed by atoms with van der Waals surface area (Å²) in [6, 6.07) is 35.5. The molecule has 182 valence electrons. The molecule has 5 heteroatoms. The zero-order valence-corrected chi connectivity index (χ0v) is 21.9. The van der Waals surface area contributed by atoms with Gasteiger partial charge in [-0.15, -0.1) is 0 Å². The SMILES string of the molecule is O=C1N(Cc2ccccc2)c2ccc(Br)cc2[C@]12c1[nH]c3ccccc3c1CCN2Cc1ccccc1. The van der Waals surface area contributed by atoms with Crippen molar-refractivity contribution in [3.05, 3.63) is 136 Å². The van der Waals surface area contributed by atoms with Crippen LogP contribution in [0.15, 0.2) is 108 Å². The second-order valence-electron chi connectivity index (χ2n) is 9.93. The maximum absolute atomic E-state index is 14.9. The van der Waals surface area contributed by atoms with Gasteiger partial charge in [0.25, 0.3) is 5.91 Å². The summed E-state index contributed by atoms with van der Waals surface area (Å²) in [7, 11) is 0. The van der Waals surface area contributed by atoms with E-state index >= 15 is 0 Å². The molecule has 7 rings (SSSR count). The number of aromatic nitrogens is 1. The van der Waals surface area contributed by atoms with Crippen LogP contribution in [0.2, 0.25) is 0 Å². The monoisotopic (exact) mass is 547 g/mol. The lowest BCUT2D eigenvalue weighted by Gasteiger charge is -2.43. The van der Waals surface area contributed by atoms with E-state index in [-0.39, 0.29) is 5.91 Å². The zero-order valence-electron chi connectivity index (χ0n) is 20.3. The number of hydrogen-bond acceptors (Lipinski definition) is 2. The molecule has 0 saturated heterocycles. The van der Waals surface area contributed by atoms with Gasteiger partial charge in [0.15, 0.2) is 5.54 Å². The highest BCUT2D eigenvalue weighted by molar-refractivity contribution is 9.10. The number of nitrogens with one attached hydrogen (secondary N) is 1. The fraction of sp³-hybridized carbons (Fsp3) is 0.156. The Hall–Kier alpha value is -3.67. The van der Waals surface area contributed by atoms with Gasteiger partial charge in [-0.1, -0.05) is 94.8 Å². The van der Waals surface area contributed by atoms with Gasteiger partial charge in [-0.2, -0.15) is 0 Å². The van der Waals surface area contributed by atoms with Crippen molar-refractivity contribution in [1.82, 2.24) is 9.88 Å². The van der Waals surface area contributed by atoms with Crippen LogP contribution < -0.4 is 4.90 Å². The Morgan fingerprint density at radius 1 is 0.811 bits per heavy atom. The van der Waals surface area contributed by atoms with Crippen molar-refractivity contribution >= 4 is 38.4 Å². The van der Waals surface area contributed by atoms with Crippen molar-refractivity contribution in [1.29, 1.82) is 0 Å². The van der Waals surface area contributed by atoms with E-state index in [1.165, 1.54) is 16.5 Å². The number of benzene rings is 4. The van der Waals surface area contributed by atoms with Crippen LogP contribution in [0.25, 0.3) is 10.9 Å². The van der Waals surface area contributed by atoms with Crippen LogP contribution in [0.4, 0.5) is 5.69 Å². The number of amides is 1. The third kappa shape index (κ3) is 3.41. The predicted octanol–water partition coefficient (Wildman–Crippen LogP) is 6.78. The molecule has 1 spiro atoms. The molecule has 1 atom stereocenters. The number of aromatic amines is 1. The van der Waals surface area contributed by atoms with Crippen molar-refractivity contribution in [3.63, 3.8) is 0 Å². The topological polar surface area (TPSA) is 39.3 Å². The Kier molecular flexibility index (Phi) is 5.31. The minimum absolute atomic E-state index is 0.105. The van der Waals surface area contributed by atoms with Crippen LogP contribution in [0.3, 0.4) is 0 Å². The maximum atomic E-state index is 14.9. The van der Waals surface area contributed by atoms with Gasteiger partial charge in [-0.05, 0) is 47.4 Å². The lowest BCUT2D eigenvalue weighted by atomic mass is 9.79. The van der Waals surface area contributed by atoms with Gasteiger partial charge in [-0.3, -0.25) is 9.69 Å². The predicted molar refractivity (Wildman–Crippen MR) is 151 cm³/mol. The first-order valence-corrected chi connectivity index (χ1v) is 13.5. The van der Waals surface area contributed by atoms with Gasteiger partial charge in [0.2, 0.25) is 0 Å². The van der Waals surface area contributed by atoms with Crippen LogP contribution in [0.1, 0.15) is 27.9 Å². The van der Waals surface area contributed by atoms with Gasteiger partial charge in [0.05, 0.1) is 17.9 Å². The summed E-state index contributed by atoms with van der Waals surface area (Å²) in [5.74, 6) is 0.105. The quantitative estimate of drug-likeness (QED) is 0.269. The number of rotatable bonds is 4. The molecule has 4 nitrogen and oxygen atoms in total. The molecule has 4 aromatic carbocycles. The average Bonchev–Trinajstić information content (AvgIpc) is 3.42. The van der Waals surface area contributed by atoms with Crippen molar-refractivity contribution in [3.8, 4) is 0 Å². The van der Waals surface area contributed by atoms with Crippen LogP contribution in [-0.4, -0.2) is 22.3 Å². The maximum Gasteiger partial charge on any atom is 0.258 e. The lowest BCUT2D eigenvalue weighted by molar-refractivity contribution is -0.129. The van der Waals surface area contributed by atoms with Crippen molar-refractivity contribution < 1.29 is 4.79 Å². The Morgan fingerprint density at radius 3 is 2.24 bits per heavy atom. The summed E-state index contributed by atoms with van der Waals surface area (Å²) in [5.41, 5.74) is 6.73. The Bertz CT molecular complexity index is 1630. The van der Waals surface area contributed by atoms with E-state index in [2.05, 4.69) is 98.6 Å². The summed E-state index contributed by atoms with van der Waals surface area (Å²) in [5, 5.41) is 1.21. The Labute approximate surface area is 224 Å². The molecule has 1 N–H and O–H groups in total. The van der Waals surface area contributed by atoms with E-state index in [1.807, 2.05) is 35.2 Å². The van der Waals surface area contributed by atoms with Crippen molar-refractivity contribution in [2.24, 2.45) is 0 Å². The summed E-state index contributed by atoms with van der Waals surface area (Å²) in [4.78, 5) is 23.0. The van der Waals surface area contributed by atoms with Crippen molar-refractivity contribution in [2.75, 3.05) is 11.4 Å². The Morgan fingerprint density at radius 2 is 1.49 bits per heavy atom. The molecule has 1 aromatic heterocycles. The lowest BCUT2D eigenvalue weighted by Crippen LogP contribution is -2.56. The van der Waals surface area contributed by atoms with E-state index in [9.17, 15) is 4.79 Å². The largest absolute Gasteiger partial charge is 0.356 e. The molecule has 0 saturated carbocycles. The number of carbonyl (C=O) groups excluding carboxylic acids is 1. The summed E-state index contributed by atoms with van der Waals surface area (Å²) < 4.78 is 0.975. The van der Waals surface area contributed by atoms with Gasteiger partial charge < -0.3 is 9.88 Å². The number of carbonyl (C=O) groups is 1. The fourth-order valence-corrected chi connectivity index (χ4v) is 6.63. The smallest absolute Gasteiger partial charge is 0.258 e. The number of hydrogen-bond donors (Lipinski definition) is 1. The standard InChI is InChI=1S/C32H26BrN3O/c33-24-15-16-29-27(19-24)32(31(37)36(29)21-23-11-5-2-6-12-23)30-26(25-13-7-8-14-28(25)34-30)17-18-35(32)20-22-9-3-1-4-10-22/h1-16,19,34H,17-18,20-21H2/t32-/m0/s1. The van der Waals surface area contributed by atoms with Gasteiger partial charge >= 0.3 is 0 Å². The van der Waals surface area contributed by atoms with Crippen LogP contribution >= 0.6 is 15.9 Å². The molecular weight excluding hydrogens is 522 g/mol. The van der Waals surface area contributed by atoms with E-state index in [1.54, 1.807) is 0 Å². The van der Waals surface area contributed by atoms with E-state index < -0.39 is 5.54 Å². The van der Waals surface area contributed by atoms with Crippen LogP contribution in [-0.2, 0) is 29.8 Å². The van der Waals surface area contributed by atoms with E-state index in [4.69, 9.17) is 0 Å². The number of nitrogens with zero attached hydrogens (tertiary/aromatic N) is 2. The molecule has 0 aliphatic carbocycles. The third-order valence-electron chi connectivity index (χ3n) is 7.88. The highest BCUT2D eigenvalue weighted by Crippen LogP contribution is 2.53. The number of H-pyrrole nitrogens is 1. The molecule has 37 heavy (non-hydrogen) atoms. The number of anilines is 1. The summed E-state index contributed by atoms with van der Waals surface area (Å²) in [6.07, 6.45) is 0.892. The highest BCUT2D eigenvalue weighted by atomic mass is 79.9. The summed E-state index contributed by atoms with van der Waals surface area (Å²) >= 11 is 3.72. The molecule has 1 amide bonds. The zero-order chi connectivity index (χ0) is 25.0. The molecule has 0 unspecified atom stereocenters. The molecule has 2 aliphatic heterocycles. The average molecular weight is 548 g/mol. The molecule has 0 radical (unpaired) electrons. The van der Waals surface area contributed by atoms with Crippen LogP contribution in [0, 0.1) is 0 Å². The second kappa shape index (κ2) is 8.72. The molecule has 2 aliphatic rings. The van der Waals surface area contributed by atoms with Gasteiger partial charge in [0.1, 0.15) is 0 Å². The normalized spacial score (nSPS) is 18.9. The molecule has 0 fully saturated rings. The van der Waals surface area contributed by atoms with Gasteiger partial charge in [0, 0.05) is 34.0 Å².